The van der Waals surface area contributed by atoms with E-state index < -0.39 is 6.04 Å². The summed E-state index contributed by atoms with van der Waals surface area (Å²) in [4.78, 5) is 27.9. The van der Waals surface area contributed by atoms with Gasteiger partial charge < -0.3 is 15.0 Å². The van der Waals surface area contributed by atoms with Crippen molar-refractivity contribution >= 4 is 11.8 Å². The minimum atomic E-state index is -0.456. The number of amides is 2. The van der Waals surface area contributed by atoms with Crippen LogP contribution in [0.2, 0.25) is 0 Å². The largest absolute Gasteiger partial charge is 0.378 e. The second-order valence-corrected chi connectivity index (χ2v) is 10.9. The van der Waals surface area contributed by atoms with Crippen molar-refractivity contribution in [3.8, 4) is 0 Å². The zero-order valence-electron chi connectivity index (χ0n) is 16.8. The number of rotatable bonds is 3. The first kappa shape index (κ1) is 18.3. The van der Waals surface area contributed by atoms with Crippen molar-refractivity contribution in [3.05, 3.63) is 0 Å². The lowest BCUT2D eigenvalue weighted by atomic mass is 9.36. The van der Waals surface area contributed by atoms with Crippen LogP contribution < -0.4 is 5.32 Å². The van der Waals surface area contributed by atoms with Crippen molar-refractivity contribution < 1.29 is 14.3 Å². The molecule has 146 valence electrons. The molecule has 0 spiro atoms. The van der Waals surface area contributed by atoms with Gasteiger partial charge in [0.1, 0.15) is 6.04 Å². The maximum absolute atomic E-state index is 13.4. The molecule has 4 aliphatic carbocycles. The van der Waals surface area contributed by atoms with Gasteiger partial charge in [-0.05, 0) is 61.7 Å². The topological polar surface area (TPSA) is 58.6 Å². The predicted octanol–water partition coefficient (Wildman–Crippen LogP) is 2.74. The number of hydrogen-bond donors (Lipinski definition) is 1. The van der Waals surface area contributed by atoms with Gasteiger partial charge in [-0.1, -0.05) is 20.8 Å². The summed E-state index contributed by atoms with van der Waals surface area (Å²) >= 11 is 0. The van der Waals surface area contributed by atoms with Crippen LogP contribution in [0.3, 0.4) is 0 Å². The highest BCUT2D eigenvalue weighted by atomic mass is 16.5. The SMILES string of the molecule is C[C@@H](NC(=O)C12CC3(C)CC(C)(CC(C)(C3)C1)C2)C(=O)N1CCOCC1. The molecule has 5 fully saturated rings. The summed E-state index contributed by atoms with van der Waals surface area (Å²) in [5.74, 6) is 0.143. The first-order chi connectivity index (χ1) is 12.1. The quantitative estimate of drug-likeness (QED) is 0.840. The molecule has 0 aromatic heterocycles. The number of nitrogens with one attached hydrogen (secondary N) is 1. The molecule has 1 heterocycles. The van der Waals surface area contributed by atoms with Crippen LogP contribution in [0.25, 0.3) is 0 Å². The molecule has 26 heavy (non-hydrogen) atoms. The summed E-state index contributed by atoms with van der Waals surface area (Å²) < 4.78 is 5.33. The molecule has 4 saturated carbocycles. The Morgan fingerprint density at radius 2 is 1.35 bits per heavy atom. The minimum Gasteiger partial charge on any atom is -0.378 e. The first-order valence-electron chi connectivity index (χ1n) is 10.2. The van der Waals surface area contributed by atoms with Crippen LogP contribution in [-0.2, 0) is 14.3 Å². The smallest absolute Gasteiger partial charge is 0.245 e. The van der Waals surface area contributed by atoms with Crippen LogP contribution >= 0.6 is 0 Å². The molecule has 5 heteroatoms. The van der Waals surface area contributed by atoms with E-state index in [1.165, 1.54) is 19.3 Å². The molecule has 2 amide bonds. The van der Waals surface area contributed by atoms with Crippen molar-refractivity contribution in [1.29, 1.82) is 0 Å². The van der Waals surface area contributed by atoms with Crippen LogP contribution in [0.4, 0.5) is 0 Å². The van der Waals surface area contributed by atoms with Gasteiger partial charge in [-0.2, -0.15) is 0 Å². The predicted molar refractivity (Wildman–Crippen MR) is 99.5 cm³/mol. The van der Waals surface area contributed by atoms with E-state index in [9.17, 15) is 9.59 Å². The molecular formula is C21H34N2O3. The van der Waals surface area contributed by atoms with Crippen LogP contribution in [0.5, 0.6) is 0 Å². The molecule has 4 bridgehead atoms. The molecular weight excluding hydrogens is 328 g/mol. The monoisotopic (exact) mass is 362 g/mol. The number of nitrogens with zero attached hydrogens (tertiary/aromatic N) is 1. The Labute approximate surface area is 157 Å². The van der Waals surface area contributed by atoms with E-state index in [0.29, 0.717) is 26.3 Å². The first-order valence-corrected chi connectivity index (χ1v) is 10.2. The maximum Gasteiger partial charge on any atom is 0.245 e. The fourth-order valence-corrected chi connectivity index (χ4v) is 8.00. The van der Waals surface area contributed by atoms with Gasteiger partial charge in [-0.3, -0.25) is 9.59 Å². The van der Waals surface area contributed by atoms with Crippen molar-refractivity contribution in [2.75, 3.05) is 26.3 Å². The van der Waals surface area contributed by atoms with Crippen LogP contribution in [-0.4, -0.2) is 49.1 Å². The Morgan fingerprint density at radius 1 is 0.885 bits per heavy atom. The maximum atomic E-state index is 13.4. The summed E-state index contributed by atoms with van der Waals surface area (Å²) in [6, 6.07) is -0.456. The van der Waals surface area contributed by atoms with E-state index in [4.69, 9.17) is 4.74 Å². The molecule has 0 unspecified atom stereocenters. The zero-order valence-corrected chi connectivity index (χ0v) is 16.8. The zero-order chi connectivity index (χ0) is 18.8. The molecule has 1 N–H and O–H groups in total. The summed E-state index contributed by atoms with van der Waals surface area (Å²) in [5, 5.41) is 3.11. The van der Waals surface area contributed by atoms with Gasteiger partial charge in [0.05, 0.1) is 18.6 Å². The number of hydrogen-bond acceptors (Lipinski definition) is 3. The summed E-state index contributed by atoms with van der Waals surface area (Å²) in [7, 11) is 0. The Bertz CT molecular complexity index is 571. The third-order valence-corrected chi connectivity index (χ3v) is 7.38. The Kier molecular flexibility index (Phi) is 4.00. The molecule has 5 aliphatic rings. The van der Waals surface area contributed by atoms with Gasteiger partial charge in [0.25, 0.3) is 0 Å². The molecule has 1 atom stereocenters. The number of ether oxygens (including phenoxy) is 1. The standard InChI is InChI=1S/C21H34N2O3/c1-15(16(24)23-5-7-26-8-6-23)22-17(25)21-12-18(2)9-19(3,13-21)11-20(4,10-18)14-21/h15H,5-14H2,1-4H3,(H,22,25)/t15-,18?,19?,20?,21?/m1/s1. The normalized spacial score (nSPS) is 45.5. The van der Waals surface area contributed by atoms with Crippen molar-refractivity contribution in [1.82, 2.24) is 10.2 Å². The number of carbonyl (C=O) groups excluding carboxylic acids is 2. The highest BCUT2D eigenvalue weighted by Crippen LogP contribution is 2.73. The Balaban J connectivity index is 1.50. The van der Waals surface area contributed by atoms with Crippen molar-refractivity contribution in [2.24, 2.45) is 21.7 Å². The van der Waals surface area contributed by atoms with Gasteiger partial charge in [0.2, 0.25) is 11.8 Å². The third-order valence-electron chi connectivity index (χ3n) is 7.38. The van der Waals surface area contributed by atoms with Crippen LogP contribution in [0, 0.1) is 21.7 Å². The molecule has 0 aromatic carbocycles. The highest BCUT2D eigenvalue weighted by molar-refractivity contribution is 5.90. The van der Waals surface area contributed by atoms with Crippen molar-refractivity contribution in [2.45, 2.75) is 72.3 Å². The second-order valence-electron chi connectivity index (χ2n) is 10.9. The summed E-state index contributed by atoms with van der Waals surface area (Å²) in [6.07, 6.45) is 6.67. The average Bonchev–Trinajstić information content (AvgIpc) is 2.50. The van der Waals surface area contributed by atoms with Gasteiger partial charge in [0, 0.05) is 13.1 Å². The summed E-state index contributed by atoms with van der Waals surface area (Å²) in [5.41, 5.74) is 0.527. The lowest BCUT2D eigenvalue weighted by molar-refractivity contribution is -0.192. The molecule has 5 nitrogen and oxygen atoms in total. The summed E-state index contributed by atoms with van der Waals surface area (Å²) in [6.45, 7) is 11.4. The van der Waals surface area contributed by atoms with E-state index >= 15 is 0 Å². The van der Waals surface area contributed by atoms with E-state index in [2.05, 4.69) is 26.1 Å². The Hall–Kier alpha value is -1.10. The van der Waals surface area contributed by atoms with Crippen LogP contribution in [0.1, 0.15) is 66.2 Å². The fraction of sp³-hybridized carbons (Fsp3) is 0.905. The van der Waals surface area contributed by atoms with Gasteiger partial charge >= 0.3 is 0 Å². The van der Waals surface area contributed by atoms with Gasteiger partial charge in [0.15, 0.2) is 0 Å². The van der Waals surface area contributed by atoms with E-state index in [1.807, 2.05) is 11.8 Å². The van der Waals surface area contributed by atoms with E-state index in [1.54, 1.807) is 0 Å². The molecule has 0 radical (unpaired) electrons. The molecule has 0 aromatic rings. The molecule has 5 rings (SSSR count). The lowest BCUT2D eigenvalue weighted by Gasteiger charge is -2.68. The fourth-order valence-electron chi connectivity index (χ4n) is 8.00. The second kappa shape index (κ2) is 5.70. The van der Waals surface area contributed by atoms with E-state index in [-0.39, 0.29) is 33.5 Å². The lowest BCUT2D eigenvalue weighted by Crippen LogP contribution is -2.64. The van der Waals surface area contributed by atoms with Crippen molar-refractivity contribution in [3.63, 3.8) is 0 Å². The molecule has 1 saturated heterocycles. The van der Waals surface area contributed by atoms with Gasteiger partial charge in [-0.15, -0.1) is 0 Å². The number of carbonyl (C=O) groups is 2. The molecule has 1 aliphatic heterocycles. The minimum absolute atomic E-state index is 0.0232. The highest BCUT2D eigenvalue weighted by Gasteiger charge is 2.66. The Morgan fingerprint density at radius 3 is 1.81 bits per heavy atom. The average molecular weight is 363 g/mol. The van der Waals surface area contributed by atoms with Crippen LogP contribution in [0.15, 0.2) is 0 Å². The number of morpholine rings is 1. The third kappa shape index (κ3) is 2.96. The van der Waals surface area contributed by atoms with E-state index in [0.717, 1.165) is 19.3 Å². The van der Waals surface area contributed by atoms with Gasteiger partial charge in [-0.25, -0.2) is 0 Å².